The molecule has 0 atom stereocenters. The maximum absolute atomic E-state index is 5.38. The Kier molecular flexibility index (Phi) is 2.30. The summed E-state index contributed by atoms with van der Waals surface area (Å²) in [5, 5.41) is 0. The van der Waals surface area contributed by atoms with Crippen molar-refractivity contribution >= 4 is 5.82 Å². The molecule has 0 aliphatic heterocycles. The highest BCUT2D eigenvalue weighted by Crippen LogP contribution is 2.52. The highest BCUT2D eigenvalue weighted by atomic mass is 15.3. The van der Waals surface area contributed by atoms with Crippen LogP contribution in [-0.2, 0) is 5.41 Å². The second-order valence-corrected chi connectivity index (χ2v) is 4.36. The summed E-state index contributed by atoms with van der Waals surface area (Å²) in [6.07, 6.45) is 3.95. The lowest BCUT2D eigenvalue weighted by Gasteiger charge is -2.14. The molecule has 3 rings (SSSR count). The summed E-state index contributed by atoms with van der Waals surface area (Å²) < 4.78 is 0. The number of aromatic nitrogens is 2. The zero-order valence-corrected chi connectivity index (χ0v) is 9.43. The zero-order valence-electron chi connectivity index (χ0n) is 9.43. The van der Waals surface area contributed by atoms with Gasteiger partial charge in [0.2, 0.25) is 0 Å². The van der Waals surface area contributed by atoms with E-state index >= 15 is 0 Å². The van der Waals surface area contributed by atoms with Crippen LogP contribution in [0, 0.1) is 0 Å². The molecular formula is C13H14N4. The molecule has 4 nitrogen and oxygen atoms in total. The first kappa shape index (κ1) is 10.2. The molecule has 2 aromatic rings. The van der Waals surface area contributed by atoms with Gasteiger partial charge in [-0.3, -0.25) is 0 Å². The monoisotopic (exact) mass is 226 g/mol. The maximum atomic E-state index is 5.38. The number of nitrogens with one attached hydrogen (secondary N) is 1. The highest BCUT2D eigenvalue weighted by molar-refractivity contribution is 5.42. The van der Waals surface area contributed by atoms with Gasteiger partial charge in [-0.05, 0) is 18.4 Å². The minimum atomic E-state index is 0.00806. The molecule has 1 heterocycles. The van der Waals surface area contributed by atoms with E-state index in [-0.39, 0.29) is 5.41 Å². The largest absolute Gasteiger partial charge is 0.308 e. The fourth-order valence-electron chi connectivity index (χ4n) is 2.19. The van der Waals surface area contributed by atoms with E-state index in [4.69, 9.17) is 5.84 Å². The van der Waals surface area contributed by atoms with Gasteiger partial charge >= 0.3 is 0 Å². The Morgan fingerprint density at radius 3 is 2.53 bits per heavy atom. The standard InChI is InChI=1S/C13H14N4/c14-17-11-6-9-15-12(16-11)13(7-8-13)10-4-2-1-3-5-10/h1-6,9H,7-8,14H2,(H,15,16,17). The number of nitrogens with two attached hydrogens (primary N) is 1. The van der Waals surface area contributed by atoms with E-state index in [1.165, 1.54) is 5.56 Å². The molecule has 0 amide bonds. The van der Waals surface area contributed by atoms with Crippen LogP contribution in [0.5, 0.6) is 0 Å². The first-order valence-corrected chi connectivity index (χ1v) is 5.71. The third-order valence-electron chi connectivity index (χ3n) is 3.31. The number of hydrogen-bond donors (Lipinski definition) is 2. The Morgan fingerprint density at radius 1 is 1.12 bits per heavy atom. The van der Waals surface area contributed by atoms with Gasteiger partial charge in [0.1, 0.15) is 11.6 Å². The van der Waals surface area contributed by atoms with E-state index in [0.29, 0.717) is 5.82 Å². The van der Waals surface area contributed by atoms with E-state index in [2.05, 4.69) is 39.7 Å². The van der Waals surface area contributed by atoms with Gasteiger partial charge in [0, 0.05) is 12.3 Å². The highest BCUT2D eigenvalue weighted by Gasteiger charge is 2.48. The van der Waals surface area contributed by atoms with Gasteiger partial charge in [0.05, 0.1) is 5.41 Å². The average molecular weight is 226 g/mol. The molecular weight excluding hydrogens is 212 g/mol. The lowest BCUT2D eigenvalue weighted by molar-refractivity contribution is 0.755. The van der Waals surface area contributed by atoms with Gasteiger partial charge in [-0.2, -0.15) is 0 Å². The van der Waals surface area contributed by atoms with E-state index in [1.807, 2.05) is 6.07 Å². The van der Waals surface area contributed by atoms with Crippen LogP contribution in [0.15, 0.2) is 42.6 Å². The molecule has 1 fully saturated rings. The summed E-state index contributed by atoms with van der Waals surface area (Å²) in [4.78, 5) is 8.85. The van der Waals surface area contributed by atoms with Gasteiger partial charge in [-0.25, -0.2) is 15.8 Å². The Bertz CT molecular complexity index is 520. The van der Waals surface area contributed by atoms with Crippen molar-refractivity contribution in [3.8, 4) is 0 Å². The van der Waals surface area contributed by atoms with Crippen molar-refractivity contribution in [2.24, 2.45) is 5.84 Å². The van der Waals surface area contributed by atoms with Crippen molar-refractivity contribution < 1.29 is 0 Å². The molecule has 17 heavy (non-hydrogen) atoms. The SMILES string of the molecule is NNc1ccnc(C2(c3ccccc3)CC2)n1. The third-order valence-corrected chi connectivity index (χ3v) is 3.31. The minimum Gasteiger partial charge on any atom is -0.308 e. The quantitative estimate of drug-likeness (QED) is 0.619. The van der Waals surface area contributed by atoms with E-state index < -0.39 is 0 Å². The number of anilines is 1. The van der Waals surface area contributed by atoms with E-state index in [9.17, 15) is 0 Å². The minimum absolute atomic E-state index is 0.00806. The Labute approximate surface area is 99.9 Å². The lowest BCUT2D eigenvalue weighted by atomic mass is 9.95. The van der Waals surface area contributed by atoms with Gasteiger partial charge in [0.15, 0.2) is 0 Å². The molecule has 0 spiro atoms. The number of rotatable bonds is 3. The summed E-state index contributed by atoms with van der Waals surface area (Å²) in [6, 6.07) is 12.2. The Balaban J connectivity index is 2.03. The molecule has 0 bridgehead atoms. The van der Waals surface area contributed by atoms with Crippen LogP contribution in [-0.4, -0.2) is 9.97 Å². The number of hydrogen-bond acceptors (Lipinski definition) is 4. The molecule has 1 aromatic heterocycles. The molecule has 1 aromatic carbocycles. The van der Waals surface area contributed by atoms with Crippen LogP contribution in [0.4, 0.5) is 5.82 Å². The first-order chi connectivity index (χ1) is 8.35. The van der Waals surface area contributed by atoms with Gasteiger partial charge < -0.3 is 5.43 Å². The molecule has 4 heteroatoms. The van der Waals surface area contributed by atoms with Crippen molar-refractivity contribution in [2.45, 2.75) is 18.3 Å². The summed E-state index contributed by atoms with van der Waals surface area (Å²) in [5.41, 5.74) is 3.86. The summed E-state index contributed by atoms with van der Waals surface area (Å²) >= 11 is 0. The van der Waals surface area contributed by atoms with Crippen molar-refractivity contribution in [2.75, 3.05) is 5.43 Å². The maximum Gasteiger partial charge on any atom is 0.143 e. The fourth-order valence-corrected chi connectivity index (χ4v) is 2.19. The van der Waals surface area contributed by atoms with Crippen molar-refractivity contribution in [1.82, 2.24) is 9.97 Å². The molecule has 0 saturated heterocycles. The fraction of sp³-hybridized carbons (Fsp3) is 0.231. The smallest absolute Gasteiger partial charge is 0.143 e. The Hall–Kier alpha value is -1.94. The zero-order chi connectivity index (χ0) is 11.7. The van der Waals surface area contributed by atoms with Gasteiger partial charge in [0.25, 0.3) is 0 Å². The van der Waals surface area contributed by atoms with Gasteiger partial charge in [-0.15, -0.1) is 0 Å². The second kappa shape index (κ2) is 3.82. The summed E-state index contributed by atoms with van der Waals surface area (Å²) in [7, 11) is 0. The van der Waals surface area contributed by atoms with Crippen LogP contribution in [0.2, 0.25) is 0 Å². The van der Waals surface area contributed by atoms with Crippen molar-refractivity contribution in [3.63, 3.8) is 0 Å². The predicted molar refractivity (Wildman–Crippen MR) is 66.3 cm³/mol. The third kappa shape index (κ3) is 1.66. The van der Waals surface area contributed by atoms with Crippen molar-refractivity contribution in [1.29, 1.82) is 0 Å². The molecule has 3 N–H and O–H groups in total. The lowest BCUT2D eigenvalue weighted by Crippen LogP contribution is -2.16. The molecule has 1 saturated carbocycles. The van der Waals surface area contributed by atoms with E-state index in [1.54, 1.807) is 12.3 Å². The number of nitrogens with zero attached hydrogens (tertiary/aromatic N) is 2. The average Bonchev–Trinajstić information content (AvgIpc) is 3.21. The van der Waals surface area contributed by atoms with Crippen LogP contribution in [0.1, 0.15) is 24.2 Å². The predicted octanol–water partition coefficient (Wildman–Crippen LogP) is 1.84. The van der Waals surface area contributed by atoms with Crippen LogP contribution in [0.25, 0.3) is 0 Å². The van der Waals surface area contributed by atoms with Gasteiger partial charge in [-0.1, -0.05) is 30.3 Å². The van der Waals surface area contributed by atoms with Crippen LogP contribution in [0.3, 0.4) is 0 Å². The van der Waals surface area contributed by atoms with Crippen molar-refractivity contribution in [3.05, 3.63) is 54.0 Å². The number of nitrogen functional groups attached to an aromatic ring is 1. The second-order valence-electron chi connectivity index (χ2n) is 4.36. The molecule has 1 aliphatic carbocycles. The molecule has 0 unspecified atom stereocenters. The molecule has 1 aliphatic rings. The number of benzene rings is 1. The topological polar surface area (TPSA) is 63.8 Å². The molecule has 0 radical (unpaired) electrons. The van der Waals surface area contributed by atoms with E-state index in [0.717, 1.165) is 18.7 Å². The number of hydrazine groups is 1. The van der Waals surface area contributed by atoms with Crippen LogP contribution < -0.4 is 11.3 Å². The molecule has 86 valence electrons. The van der Waals surface area contributed by atoms with Crippen LogP contribution >= 0.6 is 0 Å². The normalized spacial score (nSPS) is 16.5. The first-order valence-electron chi connectivity index (χ1n) is 5.71. The Morgan fingerprint density at radius 2 is 1.88 bits per heavy atom. The summed E-state index contributed by atoms with van der Waals surface area (Å²) in [5.74, 6) is 6.91. The summed E-state index contributed by atoms with van der Waals surface area (Å²) in [6.45, 7) is 0.